The van der Waals surface area contributed by atoms with Crippen molar-refractivity contribution in [3.05, 3.63) is 49.0 Å². The van der Waals surface area contributed by atoms with E-state index in [0.717, 1.165) is 67.9 Å². The second-order valence-corrected chi connectivity index (χ2v) is 10.3. The predicted molar refractivity (Wildman–Crippen MR) is 121 cm³/mol. The van der Waals surface area contributed by atoms with E-state index >= 15 is 0 Å². The molecule has 1 fully saturated rings. The Bertz CT molecular complexity index is 1090. The van der Waals surface area contributed by atoms with E-state index in [1.807, 2.05) is 11.0 Å². The second-order valence-electron chi connectivity index (χ2n) is 8.14. The third kappa shape index (κ3) is 4.08. The highest BCUT2D eigenvalue weighted by Crippen LogP contribution is 2.33. The highest BCUT2D eigenvalue weighted by molar-refractivity contribution is 7.18. The van der Waals surface area contributed by atoms with Crippen LogP contribution in [-0.4, -0.2) is 51.9 Å². The summed E-state index contributed by atoms with van der Waals surface area (Å²) in [4.78, 5) is 40.8. The number of rotatable bonds is 5. The van der Waals surface area contributed by atoms with Crippen LogP contribution in [0.15, 0.2) is 22.3 Å². The largest absolute Gasteiger partial charge is 0.340 e. The summed E-state index contributed by atoms with van der Waals surface area (Å²) < 4.78 is 0. The Labute approximate surface area is 183 Å². The van der Waals surface area contributed by atoms with Crippen molar-refractivity contribution in [2.24, 2.45) is 0 Å². The van der Waals surface area contributed by atoms with Crippen LogP contribution < -0.4 is 5.56 Å². The first-order chi connectivity index (χ1) is 14.7. The normalized spacial score (nSPS) is 17.4. The van der Waals surface area contributed by atoms with Crippen LogP contribution in [0.4, 0.5) is 0 Å². The SMILES string of the molecule is O=C(CCc1cccs1)N1CCN(Cc2nc3sc4c(c3c(=O)[nH]2)CCCC4)CC1. The van der Waals surface area contributed by atoms with Crippen molar-refractivity contribution in [1.29, 1.82) is 0 Å². The Kier molecular flexibility index (Phi) is 5.71. The molecule has 30 heavy (non-hydrogen) atoms. The van der Waals surface area contributed by atoms with E-state index in [9.17, 15) is 9.59 Å². The monoisotopic (exact) mass is 442 g/mol. The minimum Gasteiger partial charge on any atom is -0.340 e. The second kappa shape index (κ2) is 8.61. The zero-order chi connectivity index (χ0) is 20.5. The summed E-state index contributed by atoms with van der Waals surface area (Å²) in [6.07, 6.45) is 5.86. The third-order valence-corrected chi connectivity index (χ3v) is 8.26. The molecule has 1 N–H and O–H groups in total. The van der Waals surface area contributed by atoms with Gasteiger partial charge in [0.1, 0.15) is 10.7 Å². The van der Waals surface area contributed by atoms with Crippen molar-refractivity contribution in [3.8, 4) is 0 Å². The van der Waals surface area contributed by atoms with Gasteiger partial charge in [0.15, 0.2) is 0 Å². The van der Waals surface area contributed by atoms with Gasteiger partial charge in [-0.05, 0) is 49.1 Å². The molecule has 6 nitrogen and oxygen atoms in total. The van der Waals surface area contributed by atoms with Crippen LogP contribution >= 0.6 is 22.7 Å². The van der Waals surface area contributed by atoms with Gasteiger partial charge in [0.2, 0.25) is 5.91 Å². The van der Waals surface area contributed by atoms with E-state index in [-0.39, 0.29) is 11.5 Å². The summed E-state index contributed by atoms with van der Waals surface area (Å²) in [6.45, 7) is 3.73. The summed E-state index contributed by atoms with van der Waals surface area (Å²) in [5, 5.41) is 2.87. The van der Waals surface area contributed by atoms with Crippen molar-refractivity contribution in [2.45, 2.75) is 45.1 Å². The topological polar surface area (TPSA) is 69.3 Å². The van der Waals surface area contributed by atoms with E-state index in [0.29, 0.717) is 13.0 Å². The van der Waals surface area contributed by atoms with Crippen molar-refractivity contribution in [2.75, 3.05) is 26.2 Å². The molecule has 0 aromatic carbocycles. The molecule has 0 spiro atoms. The van der Waals surface area contributed by atoms with Crippen molar-refractivity contribution >= 4 is 38.8 Å². The van der Waals surface area contributed by atoms with Gasteiger partial charge in [-0.2, -0.15) is 0 Å². The first kappa shape index (κ1) is 19.9. The van der Waals surface area contributed by atoms with Crippen LogP contribution in [0.25, 0.3) is 10.2 Å². The number of thiophene rings is 2. The number of aromatic amines is 1. The Morgan fingerprint density at radius 3 is 2.80 bits per heavy atom. The van der Waals surface area contributed by atoms with Gasteiger partial charge >= 0.3 is 0 Å². The molecule has 0 saturated carbocycles. The van der Waals surface area contributed by atoms with Gasteiger partial charge in [0, 0.05) is 42.4 Å². The zero-order valence-electron chi connectivity index (χ0n) is 17.0. The van der Waals surface area contributed by atoms with Gasteiger partial charge < -0.3 is 9.88 Å². The van der Waals surface area contributed by atoms with Crippen LogP contribution in [0.5, 0.6) is 0 Å². The molecular weight excluding hydrogens is 416 g/mol. The maximum atomic E-state index is 12.7. The first-order valence-electron chi connectivity index (χ1n) is 10.7. The van der Waals surface area contributed by atoms with Gasteiger partial charge in [0.05, 0.1) is 11.9 Å². The van der Waals surface area contributed by atoms with Crippen molar-refractivity contribution < 1.29 is 4.79 Å². The van der Waals surface area contributed by atoms with Gasteiger partial charge in [-0.3, -0.25) is 14.5 Å². The number of H-pyrrole nitrogens is 1. The molecule has 0 radical (unpaired) electrons. The number of hydrogen-bond donors (Lipinski definition) is 1. The number of aromatic nitrogens is 2. The fraction of sp³-hybridized carbons (Fsp3) is 0.500. The number of nitrogens with zero attached hydrogens (tertiary/aromatic N) is 3. The summed E-state index contributed by atoms with van der Waals surface area (Å²) >= 11 is 3.41. The number of hydrogen-bond acceptors (Lipinski definition) is 6. The number of carbonyl (C=O) groups excluding carboxylic acids is 1. The van der Waals surface area contributed by atoms with E-state index in [4.69, 9.17) is 4.98 Å². The predicted octanol–water partition coefficient (Wildman–Crippen LogP) is 3.20. The molecule has 158 valence electrons. The number of nitrogens with one attached hydrogen (secondary N) is 1. The molecule has 3 aromatic rings. The molecule has 1 amide bonds. The lowest BCUT2D eigenvalue weighted by Crippen LogP contribution is -2.48. The van der Waals surface area contributed by atoms with E-state index in [2.05, 4.69) is 21.3 Å². The van der Waals surface area contributed by atoms with E-state index in [1.165, 1.54) is 21.7 Å². The molecule has 0 bridgehead atoms. The molecule has 0 atom stereocenters. The van der Waals surface area contributed by atoms with Crippen molar-refractivity contribution in [1.82, 2.24) is 19.8 Å². The van der Waals surface area contributed by atoms with Crippen LogP contribution in [-0.2, 0) is 30.6 Å². The van der Waals surface area contributed by atoms with E-state index in [1.54, 1.807) is 22.7 Å². The Hall–Kier alpha value is -2.03. The molecule has 2 aliphatic rings. The summed E-state index contributed by atoms with van der Waals surface area (Å²) in [7, 11) is 0. The molecule has 0 unspecified atom stereocenters. The highest BCUT2D eigenvalue weighted by Gasteiger charge is 2.23. The lowest BCUT2D eigenvalue weighted by Gasteiger charge is -2.34. The van der Waals surface area contributed by atoms with Gasteiger partial charge in [-0.15, -0.1) is 22.7 Å². The fourth-order valence-electron chi connectivity index (χ4n) is 4.49. The van der Waals surface area contributed by atoms with Crippen molar-refractivity contribution in [3.63, 3.8) is 0 Å². The van der Waals surface area contributed by atoms with E-state index < -0.39 is 0 Å². The van der Waals surface area contributed by atoms with Crippen LogP contribution in [0, 0.1) is 0 Å². The molecule has 8 heteroatoms. The highest BCUT2D eigenvalue weighted by atomic mass is 32.1. The Morgan fingerprint density at radius 1 is 1.17 bits per heavy atom. The van der Waals surface area contributed by atoms with Crippen LogP contribution in [0.3, 0.4) is 0 Å². The van der Waals surface area contributed by atoms with Gasteiger partial charge in [-0.1, -0.05) is 6.07 Å². The van der Waals surface area contributed by atoms with Gasteiger partial charge in [0.25, 0.3) is 5.56 Å². The Morgan fingerprint density at radius 2 is 2.00 bits per heavy atom. The number of carbonyl (C=O) groups is 1. The molecular formula is C22H26N4O2S2. The number of amides is 1. The molecule has 1 aliphatic carbocycles. The lowest BCUT2D eigenvalue weighted by atomic mass is 9.97. The van der Waals surface area contributed by atoms with Crippen LogP contribution in [0.2, 0.25) is 0 Å². The maximum absolute atomic E-state index is 12.7. The average Bonchev–Trinajstić information content (AvgIpc) is 3.40. The minimum atomic E-state index is 0.0109. The number of piperazine rings is 1. The standard InChI is InChI=1S/C22H26N4O2S2/c27-19(8-7-15-4-3-13-29-15)26-11-9-25(10-12-26)14-18-23-21(28)20-16-5-1-2-6-17(16)30-22(20)24-18/h3-4,13H,1-2,5-12,14H2,(H,23,24,28). The van der Waals surface area contributed by atoms with Crippen LogP contribution in [0.1, 0.15) is 40.4 Å². The molecule has 4 heterocycles. The third-order valence-electron chi connectivity index (χ3n) is 6.14. The summed E-state index contributed by atoms with van der Waals surface area (Å²) in [5.41, 5.74) is 1.24. The quantitative estimate of drug-likeness (QED) is 0.659. The number of fused-ring (bicyclic) bond motifs is 3. The molecule has 3 aromatic heterocycles. The molecule has 1 saturated heterocycles. The Balaban J connectivity index is 1.20. The van der Waals surface area contributed by atoms with Gasteiger partial charge in [-0.25, -0.2) is 4.98 Å². The summed E-state index contributed by atoms with van der Waals surface area (Å²) in [6, 6.07) is 4.12. The fourth-order valence-corrected chi connectivity index (χ4v) is 6.48. The summed E-state index contributed by atoms with van der Waals surface area (Å²) in [5.74, 6) is 0.976. The molecule has 1 aliphatic heterocycles. The smallest absolute Gasteiger partial charge is 0.259 e. The first-order valence-corrected chi connectivity index (χ1v) is 12.4. The zero-order valence-corrected chi connectivity index (χ0v) is 18.6. The molecule has 5 rings (SSSR count). The lowest BCUT2D eigenvalue weighted by molar-refractivity contribution is -0.133. The maximum Gasteiger partial charge on any atom is 0.259 e. The number of aryl methyl sites for hydroxylation is 3. The average molecular weight is 443 g/mol. The minimum absolute atomic E-state index is 0.0109.